The lowest BCUT2D eigenvalue weighted by atomic mass is 10.1. The van der Waals surface area contributed by atoms with Gasteiger partial charge in [-0.2, -0.15) is 4.72 Å². The number of rotatable bonds is 6. The Morgan fingerprint density at radius 3 is 2.29 bits per heavy atom. The molecule has 2 aromatic rings. The lowest BCUT2D eigenvalue weighted by molar-refractivity contribution is -0.142. The Morgan fingerprint density at radius 2 is 1.71 bits per heavy atom. The summed E-state index contributed by atoms with van der Waals surface area (Å²) >= 11 is 0. The minimum Gasteiger partial charge on any atom is -0.468 e. The number of aryl methyl sites for hydroxylation is 1. The molecule has 0 aliphatic rings. The van der Waals surface area contributed by atoms with Crippen LogP contribution in [0, 0.1) is 18.6 Å². The zero-order valence-electron chi connectivity index (χ0n) is 15.2. The highest BCUT2D eigenvalue weighted by Crippen LogP contribution is 2.24. The predicted molar refractivity (Wildman–Crippen MR) is 94.0 cm³/mol. The number of ether oxygens (including phenoxy) is 2. The lowest BCUT2D eigenvalue weighted by Crippen LogP contribution is -2.35. The molecule has 7 nitrogen and oxygen atoms in total. The van der Waals surface area contributed by atoms with E-state index < -0.39 is 45.2 Å². The van der Waals surface area contributed by atoms with Crippen LogP contribution in [-0.4, -0.2) is 34.6 Å². The average Bonchev–Trinajstić information content (AvgIpc) is 2.66. The van der Waals surface area contributed by atoms with Gasteiger partial charge in [0.05, 0.1) is 24.7 Å². The summed E-state index contributed by atoms with van der Waals surface area (Å²) in [7, 11) is -2.20. The Kier molecular flexibility index (Phi) is 6.47. The zero-order chi connectivity index (χ0) is 21.1. The number of carbonyl (C=O) groups excluding carboxylic acids is 2. The van der Waals surface area contributed by atoms with Crippen LogP contribution in [0.2, 0.25) is 0 Å². The molecule has 2 rings (SSSR count). The van der Waals surface area contributed by atoms with E-state index in [4.69, 9.17) is 0 Å². The van der Waals surface area contributed by atoms with Crippen molar-refractivity contribution in [1.29, 1.82) is 0 Å². The Bertz CT molecular complexity index is 1020. The molecule has 0 aliphatic heterocycles. The number of sulfonamides is 1. The second-order valence-electron chi connectivity index (χ2n) is 5.72. The second-order valence-corrected chi connectivity index (χ2v) is 7.40. The molecule has 10 heteroatoms. The third kappa shape index (κ3) is 4.52. The van der Waals surface area contributed by atoms with Crippen molar-refractivity contribution in [3.63, 3.8) is 0 Å². The molecule has 0 aliphatic carbocycles. The topological polar surface area (TPSA) is 98.8 Å². The van der Waals surface area contributed by atoms with Crippen LogP contribution >= 0.6 is 0 Å². The fourth-order valence-corrected chi connectivity index (χ4v) is 3.90. The van der Waals surface area contributed by atoms with Gasteiger partial charge in [-0.1, -0.05) is 0 Å². The molecular weight excluding hydrogens is 396 g/mol. The molecule has 150 valence electrons. The summed E-state index contributed by atoms with van der Waals surface area (Å²) in [6.45, 7) is 1.43. The quantitative estimate of drug-likeness (QED) is 0.730. The molecule has 0 spiro atoms. The minimum atomic E-state index is -4.36. The van der Waals surface area contributed by atoms with Gasteiger partial charge in [-0.3, -0.25) is 0 Å². The van der Waals surface area contributed by atoms with E-state index in [9.17, 15) is 26.8 Å². The fraction of sp³-hybridized carbons (Fsp3) is 0.222. The van der Waals surface area contributed by atoms with Crippen LogP contribution in [0.25, 0.3) is 0 Å². The van der Waals surface area contributed by atoms with Crippen LogP contribution in [0.3, 0.4) is 0 Å². The van der Waals surface area contributed by atoms with Crippen molar-refractivity contribution < 1.29 is 36.3 Å². The minimum absolute atomic E-state index is 0.125. The molecule has 0 fully saturated rings. The first-order valence-electron chi connectivity index (χ1n) is 7.84. The largest absolute Gasteiger partial charge is 0.468 e. The molecule has 0 saturated carbocycles. The van der Waals surface area contributed by atoms with Crippen molar-refractivity contribution in [2.75, 3.05) is 14.2 Å². The molecule has 0 saturated heterocycles. The highest BCUT2D eigenvalue weighted by atomic mass is 32.2. The molecule has 1 unspecified atom stereocenters. The van der Waals surface area contributed by atoms with Crippen LogP contribution in [0.5, 0.6) is 0 Å². The van der Waals surface area contributed by atoms with Crippen LogP contribution in [0.4, 0.5) is 8.78 Å². The second kappa shape index (κ2) is 8.44. The first kappa shape index (κ1) is 21.5. The third-order valence-electron chi connectivity index (χ3n) is 3.86. The summed E-state index contributed by atoms with van der Waals surface area (Å²) in [6, 6.07) is 4.14. The van der Waals surface area contributed by atoms with Gasteiger partial charge in [0, 0.05) is 5.56 Å². The molecule has 1 atom stereocenters. The number of hydrogen-bond donors (Lipinski definition) is 1. The molecular formula is C18H17F2NO6S. The maximum absolute atomic E-state index is 14.1. The smallest absolute Gasteiger partial charge is 0.337 e. The lowest BCUT2D eigenvalue weighted by Gasteiger charge is -2.18. The maximum atomic E-state index is 14.1. The van der Waals surface area contributed by atoms with Crippen molar-refractivity contribution in [2.24, 2.45) is 0 Å². The average molecular weight is 413 g/mol. The Morgan fingerprint density at radius 1 is 1.04 bits per heavy atom. The van der Waals surface area contributed by atoms with Gasteiger partial charge >= 0.3 is 11.9 Å². The summed E-state index contributed by atoms with van der Waals surface area (Å²) in [5.74, 6) is -3.63. The van der Waals surface area contributed by atoms with Gasteiger partial charge < -0.3 is 9.47 Å². The van der Waals surface area contributed by atoms with E-state index in [1.54, 1.807) is 0 Å². The van der Waals surface area contributed by atoms with E-state index in [1.807, 2.05) is 4.72 Å². The fourth-order valence-electron chi connectivity index (χ4n) is 2.51. The van der Waals surface area contributed by atoms with Gasteiger partial charge in [0.25, 0.3) is 0 Å². The van der Waals surface area contributed by atoms with Gasteiger partial charge in [-0.15, -0.1) is 0 Å². The molecule has 2 aromatic carbocycles. The van der Waals surface area contributed by atoms with Crippen LogP contribution in [0.1, 0.15) is 27.5 Å². The SMILES string of the molecule is COC(=O)c1ccc(S(=O)(=O)NC(C(=O)OC)c2cc(F)ccc2F)c(C)c1. The molecule has 0 heterocycles. The summed E-state index contributed by atoms with van der Waals surface area (Å²) in [5.41, 5.74) is -0.224. The standard InChI is InChI=1S/C18H17F2NO6S/c1-10-8-11(17(22)26-2)4-7-15(10)28(24,25)21-16(18(23)27-3)13-9-12(19)5-6-14(13)20/h4-9,16,21H,1-3H3. The third-order valence-corrected chi connectivity index (χ3v) is 5.45. The Labute approximate surface area is 160 Å². The Hall–Kier alpha value is -2.85. The predicted octanol–water partition coefficient (Wildman–Crippen LogP) is 2.25. The van der Waals surface area contributed by atoms with Crippen molar-refractivity contribution in [3.8, 4) is 0 Å². The van der Waals surface area contributed by atoms with Crippen LogP contribution in [0.15, 0.2) is 41.3 Å². The van der Waals surface area contributed by atoms with Gasteiger partial charge in [0.15, 0.2) is 0 Å². The highest BCUT2D eigenvalue weighted by Gasteiger charge is 2.31. The van der Waals surface area contributed by atoms with Crippen molar-refractivity contribution in [1.82, 2.24) is 4.72 Å². The summed E-state index contributed by atoms with van der Waals surface area (Å²) in [6.07, 6.45) is 0. The molecule has 28 heavy (non-hydrogen) atoms. The van der Waals surface area contributed by atoms with Crippen molar-refractivity contribution >= 4 is 22.0 Å². The zero-order valence-corrected chi connectivity index (χ0v) is 16.0. The van der Waals surface area contributed by atoms with E-state index in [2.05, 4.69) is 9.47 Å². The molecule has 0 radical (unpaired) electrons. The molecule has 0 aromatic heterocycles. The number of halogens is 2. The monoisotopic (exact) mass is 413 g/mol. The number of esters is 2. The maximum Gasteiger partial charge on any atom is 0.337 e. The van der Waals surface area contributed by atoms with E-state index in [0.717, 1.165) is 25.3 Å². The van der Waals surface area contributed by atoms with E-state index in [1.165, 1.54) is 26.2 Å². The first-order valence-corrected chi connectivity index (χ1v) is 9.33. The molecule has 0 bridgehead atoms. The van der Waals surface area contributed by atoms with E-state index >= 15 is 0 Å². The summed E-state index contributed by atoms with van der Waals surface area (Å²) in [4.78, 5) is 23.4. The van der Waals surface area contributed by atoms with Gasteiger partial charge in [-0.05, 0) is 48.9 Å². The van der Waals surface area contributed by atoms with Crippen LogP contribution in [-0.2, 0) is 24.3 Å². The van der Waals surface area contributed by atoms with Crippen molar-refractivity contribution in [3.05, 3.63) is 64.7 Å². The Balaban J connectivity index is 2.47. The number of carbonyl (C=O) groups is 2. The normalized spacial score (nSPS) is 12.3. The highest BCUT2D eigenvalue weighted by molar-refractivity contribution is 7.89. The van der Waals surface area contributed by atoms with E-state index in [-0.39, 0.29) is 16.0 Å². The number of nitrogens with one attached hydrogen (secondary N) is 1. The first-order chi connectivity index (χ1) is 13.1. The number of benzene rings is 2. The van der Waals surface area contributed by atoms with Gasteiger partial charge in [0.1, 0.15) is 17.7 Å². The van der Waals surface area contributed by atoms with Gasteiger partial charge in [0.2, 0.25) is 10.0 Å². The van der Waals surface area contributed by atoms with Crippen LogP contribution < -0.4 is 4.72 Å². The van der Waals surface area contributed by atoms with Gasteiger partial charge in [-0.25, -0.2) is 26.8 Å². The number of hydrogen-bond acceptors (Lipinski definition) is 6. The number of methoxy groups -OCH3 is 2. The summed E-state index contributed by atoms with van der Waals surface area (Å²) in [5, 5.41) is 0. The summed E-state index contributed by atoms with van der Waals surface area (Å²) < 4.78 is 64.2. The van der Waals surface area contributed by atoms with Crippen molar-refractivity contribution in [2.45, 2.75) is 17.9 Å². The molecule has 0 amide bonds. The molecule has 1 N–H and O–H groups in total. The van der Waals surface area contributed by atoms with E-state index in [0.29, 0.717) is 6.07 Å².